The van der Waals surface area contributed by atoms with Crippen LogP contribution in [0.2, 0.25) is 0 Å². The highest BCUT2D eigenvalue weighted by molar-refractivity contribution is 9.10. The number of anilines is 2. The summed E-state index contributed by atoms with van der Waals surface area (Å²) in [6.07, 6.45) is 2.43. The van der Waals surface area contributed by atoms with Crippen LogP contribution >= 0.6 is 15.9 Å². The third kappa shape index (κ3) is 3.13. The van der Waals surface area contributed by atoms with E-state index in [-0.39, 0.29) is 0 Å². The lowest BCUT2D eigenvalue weighted by atomic mass is 10.1. The molecule has 0 aliphatic rings. The minimum Gasteiger partial charge on any atom is -0.398 e. The molecule has 0 aromatic heterocycles. The van der Waals surface area contributed by atoms with E-state index in [9.17, 15) is 0 Å². The molecule has 0 atom stereocenters. The fourth-order valence-corrected chi connectivity index (χ4v) is 2.15. The van der Waals surface area contributed by atoms with Gasteiger partial charge in [0.25, 0.3) is 0 Å². The third-order valence-corrected chi connectivity index (χ3v) is 3.23. The molecule has 0 saturated heterocycles. The number of nitrogens with zero attached hydrogens (tertiary/aromatic N) is 1. The fraction of sp³-hybridized carbons (Fsp3) is 0.500. The predicted octanol–water partition coefficient (Wildman–Crippen LogP) is 3.58. The van der Waals surface area contributed by atoms with Crippen LogP contribution in [0.4, 0.5) is 11.4 Å². The highest BCUT2D eigenvalue weighted by Crippen LogP contribution is 2.30. The summed E-state index contributed by atoms with van der Waals surface area (Å²) in [7, 11) is 2.12. The van der Waals surface area contributed by atoms with Crippen molar-refractivity contribution in [3.8, 4) is 0 Å². The van der Waals surface area contributed by atoms with E-state index in [0.717, 1.165) is 22.3 Å². The average molecular weight is 271 g/mol. The Bertz CT molecular complexity index is 337. The molecule has 0 bridgehead atoms. The molecule has 84 valence electrons. The maximum Gasteiger partial charge on any atom is 0.0512 e. The van der Waals surface area contributed by atoms with Crippen molar-refractivity contribution in [2.75, 3.05) is 24.2 Å². The number of benzene rings is 1. The lowest BCUT2D eigenvalue weighted by molar-refractivity contribution is 0.765. The van der Waals surface area contributed by atoms with Crippen LogP contribution in [0.25, 0.3) is 0 Å². The zero-order chi connectivity index (χ0) is 11.4. The van der Waals surface area contributed by atoms with Crippen LogP contribution in [-0.2, 0) is 0 Å². The van der Waals surface area contributed by atoms with Gasteiger partial charge in [-0.05, 0) is 47.0 Å². The van der Waals surface area contributed by atoms with Crippen molar-refractivity contribution in [2.24, 2.45) is 0 Å². The third-order valence-electron chi connectivity index (χ3n) is 2.59. The standard InChI is InChI=1S/C12H19BrN2/c1-4-5-6-15(3)12-7-9(2)11(14)8-10(12)13/h7-8H,4-6,14H2,1-3H3. The summed E-state index contributed by atoms with van der Waals surface area (Å²) >= 11 is 3.55. The first-order valence-corrected chi connectivity index (χ1v) is 6.12. The minimum atomic E-state index is 0.842. The van der Waals surface area contributed by atoms with Gasteiger partial charge in [0.05, 0.1) is 5.69 Å². The normalized spacial score (nSPS) is 10.4. The first-order chi connectivity index (χ1) is 7.06. The van der Waals surface area contributed by atoms with Gasteiger partial charge in [-0.15, -0.1) is 0 Å². The molecule has 2 N–H and O–H groups in total. The molecule has 0 aliphatic carbocycles. The molecule has 0 unspecified atom stereocenters. The van der Waals surface area contributed by atoms with E-state index >= 15 is 0 Å². The second-order valence-electron chi connectivity index (χ2n) is 3.94. The molecular weight excluding hydrogens is 252 g/mol. The van der Waals surface area contributed by atoms with Crippen LogP contribution in [0.5, 0.6) is 0 Å². The lowest BCUT2D eigenvalue weighted by Gasteiger charge is -2.21. The molecule has 0 heterocycles. The monoisotopic (exact) mass is 270 g/mol. The van der Waals surface area contributed by atoms with E-state index < -0.39 is 0 Å². The molecular formula is C12H19BrN2. The van der Waals surface area contributed by atoms with Gasteiger partial charge < -0.3 is 10.6 Å². The smallest absolute Gasteiger partial charge is 0.0512 e. The molecule has 0 spiro atoms. The van der Waals surface area contributed by atoms with Crippen molar-refractivity contribution in [3.05, 3.63) is 22.2 Å². The molecule has 0 saturated carbocycles. The Hall–Kier alpha value is -0.700. The van der Waals surface area contributed by atoms with Crippen molar-refractivity contribution in [2.45, 2.75) is 26.7 Å². The predicted molar refractivity (Wildman–Crippen MR) is 71.5 cm³/mol. The second-order valence-corrected chi connectivity index (χ2v) is 4.79. The summed E-state index contributed by atoms with van der Waals surface area (Å²) in [5, 5.41) is 0. The quantitative estimate of drug-likeness (QED) is 0.848. The Balaban J connectivity index is 2.88. The number of aryl methyl sites for hydroxylation is 1. The van der Waals surface area contributed by atoms with Crippen molar-refractivity contribution < 1.29 is 0 Å². The van der Waals surface area contributed by atoms with E-state index in [0.29, 0.717) is 0 Å². The Labute approximate surface area is 101 Å². The lowest BCUT2D eigenvalue weighted by Crippen LogP contribution is -2.19. The maximum atomic E-state index is 5.84. The SMILES string of the molecule is CCCCN(C)c1cc(C)c(N)cc1Br. The topological polar surface area (TPSA) is 29.3 Å². The van der Waals surface area contributed by atoms with Gasteiger partial charge in [0.1, 0.15) is 0 Å². The first-order valence-electron chi connectivity index (χ1n) is 5.33. The number of hydrogen-bond donors (Lipinski definition) is 1. The number of unbranched alkanes of at least 4 members (excludes halogenated alkanes) is 1. The van der Waals surface area contributed by atoms with Gasteiger partial charge >= 0.3 is 0 Å². The molecule has 15 heavy (non-hydrogen) atoms. The fourth-order valence-electron chi connectivity index (χ4n) is 1.49. The Morgan fingerprint density at radius 1 is 1.40 bits per heavy atom. The number of hydrogen-bond acceptors (Lipinski definition) is 2. The van der Waals surface area contributed by atoms with Crippen LogP contribution < -0.4 is 10.6 Å². The second kappa shape index (κ2) is 5.40. The van der Waals surface area contributed by atoms with Crippen molar-refractivity contribution in [1.29, 1.82) is 0 Å². The first kappa shape index (κ1) is 12.4. The summed E-state index contributed by atoms with van der Waals surface area (Å²) in [5.41, 5.74) is 9.04. The summed E-state index contributed by atoms with van der Waals surface area (Å²) in [5.74, 6) is 0. The van der Waals surface area contributed by atoms with Gasteiger partial charge in [-0.2, -0.15) is 0 Å². The molecule has 0 amide bonds. The van der Waals surface area contributed by atoms with Crippen LogP contribution in [0.1, 0.15) is 25.3 Å². The van der Waals surface area contributed by atoms with Gasteiger partial charge in [-0.25, -0.2) is 0 Å². The Morgan fingerprint density at radius 2 is 2.07 bits per heavy atom. The van der Waals surface area contributed by atoms with Crippen LogP contribution in [0.15, 0.2) is 16.6 Å². The van der Waals surface area contributed by atoms with Crippen molar-refractivity contribution in [3.63, 3.8) is 0 Å². The highest BCUT2D eigenvalue weighted by atomic mass is 79.9. The van der Waals surface area contributed by atoms with Crippen LogP contribution in [0.3, 0.4) is 0 Å². The van der Waals surface area contributed by atoms with E-state index in [1.54, 1.807) is 0 Å². The average Bonchev–Trinajstić information content (AvgIpc) is 2.20. The van der Waals surface area contributed by atoms with Gasteiger partial charge in [-0.3, -0.25) is 0 Å². The molecule has 1 aromatic carbocycles. The number of nitrogen functional groups attached to an aromatic ring is 1. The van der Waals surface area contributed by atoms with E-state index in [1.165, 1.54) is 18.5 Å². The zero-order valence-electron chi connectivity index (χ0n) is 9.68. The van der Waals surface area contributed by atoms with E-state index in [4.69, 9.17) is 5.73 Å². The summed E-state index contributed by atoms with van der Waals surface area (Å²) in [6.45, 7) is 5.33. The highest BCUT2D eigenvalue weighted by Gasteiger charge is 2.07. The largest absolute Gasteiger partial charge is 0.398 e. The molecule has 0 radical (unpaired) electrons. The van der Waals surface area contributed by atoms with Gasteiger partial charge in [0, 0.05) is 23.8 Å². The summed E-state index contributed by atoms with van der Waals surface area (Å²) in [4.78, 5) is 2.26. The van der Waals surface area contributed by atoms with Gasteiger partial charge in [-0.1, -0.05) is 13.3 Å². The number of nitrogens with two attached hydrogens (primary N) is 1. The zero-order valence-corrected chi connectivity index (χ0v) is 11.3. The summed E-state index contributed by atoms with van der Waals surface area (Å²) < 4.78 is 1.07. The molecule has 0 fully saturated rings. The van der Waals surface area contributed by atoms with Gasteiger partial charge in [0.15, 0.2) is 0 Å². The molecule has 0 aliphatic heterocycles. The van der Waals surface area contributed by atoms with Crippen molar-refractivity contribution >= 4 is 27.3 Å². The Kier molecular flexibility index (Phi) is 4.45. The maximum absolute atomic E-state index is 5.84. The molecule has 3 heteroatoms. The summed E-state index contributed by atoms with van der Waals surface area (Å²) in [6, 6.07) is 4.11. The Morgan fingerprint density at radius 3 is 2.67 bits per heavy atom. The minimum absolute atomic E-state index is 0.842. The van der Waals surface area contributed by atoms with Gasteiger partial charge in [0.2, 0.25) is 0 Å². The van der Waals surface area contributed by atoms with Crippen molar-refractivity contribution in [1.82, 2.24) is 0 Å². The van der Waals surface area contributed by atoms with E-state index in [1.807, 2.05) is 13.0 Å². The number of rotatable bonds is 4. The van der Waals surface area contributed by atoms with E-state index in [2.05, 4.69) is 40.9 Å². The molecule has 1 rings (SSSR count). The molecule has 1 aromatic rings. The molecule has 2 nitrogen and oxygen atoms in total. The number of halogens is 1. The van der Waals surface area contributed by atoms with Crippen LogP contribution in [-0.4, -0.2) is 13.6 Å². The van der Waals surface area contributed by atoms with Crippen LogP contribution in [0, 0.1) is 6.92 Å².